The first-order valence-corrected chi connectivity index (χ1v) is 8.59. The maximum atomic E-state index is 9.36. The second kappa shape index (κ2) is 7.24. The standard InChI is InChI=1S/C17H34N2O/c1-17(2,3)14-6-8-16(9-7-14)19(11-12-20)13-15-5-4-10-18-15/h14-16,18,20H,4-13H2,1-3H3. The molecule has 1 aliphatic carbocycles. The highest BCUT2D eigenvalue weighted by Gasteiger charge is 2.32. The summed E-state index contributed by atoms with van der Waals surface area (Å²) in [5.41, 5.74) is 0.458. The van der Waals surface area contributed by atoms with E-state index in [-0.39, 0.29) is 0 Å². The molecule has 1 atom stereocenters. The summed E-state index contributed by atoms with van der Waals surface area (Å²) in [7, 11) is 0. The first kappa shape index (κ1) is 16.3. The minimum Gasteiger partial charge on any atom is -0.395 e. The van der Waals surface area contributed by atoms with E-state index in [9.17, 15) is 5.11 Å². The van der Waals surface area contributed by atoms with Gasteiger partial charge in [-0.3, -0.25) is 4.90 Å². The van der Waals surface area contributed by atoms with Crippen LogP contribution in [0.1, 0.15) is 59.3 Å². The number of nitrogens with zero attached hydrogens (tertiary/aromatic N) is 1. The van der Waals surface area contributed by atoms with Gasteiger partial charge in [0.15, 0.2) is 0 Å². The number of aliphatic hydroxyl groups is 1. The van der Waals surface area contributed by atoms with Gasteiger partial charge in [-0.2, -0.15) is 0 Å². The molecular weight excluding hydrogens is 248 g/mol. The number of rotatable bonds is 5. The summed E-state index contributed by atoms with van der Waals surface area (Å²) in [6, 6.07) is 1.35. The van der Waals surface area contributed by atoms with Gasteiger partial charge in [-0.1, -0.05) is 20.8 Å². The fourth-order valence-electron chi connectivity index (χ4n) is 4.05. The average molecular weight is 282 g/mol. The summed E-state index contributed by atoms with van der Waals surface area (Å²) in [6.07, 6.45) is 7.96. The van der Waals surface area contributed by atoms with Gasteiger partial charge < -0.3 is 10.4 Å². The third-order valence-corrected chi connectivity index (χ3v) is 5.44. The van der Waals surface area contributed by atoms with Crippen molar-refractivity contribution >= 4 is 0 Å². The van der Waals surface area contributed by atoms with Gasteiger partial charge in [-0.25, -0.2) is 0 Å². The zero-order valence-electron chi connectivity index (χ0n) is 13.7. The summed E-state index contributed by atoms with van der Waals surface area (Å²) in [5.74, 6) is 0.874. The zero-order valence-corrected chi connectivity index (χ0v) is 13.7. The van der Waals surface area contributed by atoms with Gasteiger partial charge >= 0.3 is 0 Å². The highest BCUT2D eigenvalue weighted by Crippen LogP contribution is 2.39. The van der Waals surface area contributed by atoms with Crippen molar-refractivity contribution in [2.75, 3.05) is 26.2 Å². The molecule has 2 fully saturated rings. The van der Waals surface area contributed by atoms with E-state index in [2.05, 4.69) is 31.0 Å². The van der Waals surface area contributed by atoms with Crippen LogP contribution in [0.3, 0.4) is 0 Å². The minimum atomic E-state index is 0.298. The van der Waals surface area contributed by atoms with Crippen LogP contribution >= 0.6 is 0 Å². The average Bonchev–Trinajstić information content (AvgIpc) is 2.90. The van der Waals surface area contributed by atoms with Crippen molar-refractivity contribution in [2.45, 2.75) is 71.4 Å². The monoisotopic (exact) mass is 282 g/mol. The Kier molecular flexibility index (Phi) is 5.88. The molecule has 0 bridgehead atoms. The van der Waals surface area contributed by atoms with Gasteiger partial charge in [-0.05, 0) is 56.4 Å². The molecular formula is C17H34N2O. The molecule has 3 heteroatoms. The number of hydrogen-bond donors (Lipinski definition) is 2. The van der Waals surface area contributed by atoms with Crippen LogP contribution in [0.4, 0.5) is 0 Å². The fourth-order valence-corrected chi connectivity index (χ4v) is 4.05. The largest absolute Gasteiger partial charge is 0.395 e. The van der Waals surface area contributed by atoms with Crippen molar-refractivity contribution in [1.29, 1.82) is 0 Å². The Hall–Kier alpha value is -0.120. The lowest BCUT2D eigenvalue weighted by Gasteiger charge is -2.41. The lowest BCUT2D eigenvalue weighted by Crippen LogP contribution is -2.46. The van der Waals surface area contributed by atoms with Crippen LogP contribution in [-0.2, 0) is 0 Å². The van der Waals surface area contributed by atoms with Crippen molar-refractivity contribution in [3.63, 3.8) is 0 Å². The van der Waals surface area contributed by atoms with E-state index >= 15 is 0 Å². The van der Waals surface area contributed by atoms with E-state index in [1.165, 1.54) is 45.1 Å². The molecule has 2 rings (SSSR count). The highest BCUT2D eigenvalue weighted by molar-refractivity contribution is 4.87. The van der Waals surface area contributed by atoms with Crippen LogP contribution in [0, 0.1) is 11.3 Å². The van der Waals surface area contributed by atoms with Crippen molar-refractivity contribution in [1.82, 2.24) is 10.2 Å². The van der Waals surface area contributed by atoms with E-state index in [4.69, 9.17) is 0 Å². The normalized spacial score (nSPS) is 31.9. The first-order chi connectivity index (χ1) is 9.50. The van der Waals surface area contributed by atoms with Gasteiger partial charge in [-0.15, -0.1) is 0 Å². The Labute approximate surface area is 125 Å². The Morgan fingerprint density at radius 2 is 1.80 bits per heavy atom. The van der Waals surface area contributed by atoms with Gasteiger partial charge in [0.1, 0.15) is 0 Å². The SMILES string of the molecule is CC(C)(C)C1CCC(N(CCO)CC2CCCN2)CC1. The summed E-state index contributed by atoms with van der Waals surface area (Å²) < 4.78 is 0. The Morgan fingerprint density at radius 1 is 1.10 bits per heavy atom. The van der Waals surface area contributed by atoms with Gasteiger partial charge in [0.25, 0.3) is 0 Å². The van der Waals surface area contributed by atoms with Crippen LogP contribution in [-0.4, -0.2) is 48.3 Å². The molecule has 2 aliphatic rings. The first-order valence-electron chi connectivity index (χ1n) is 8.59. The molecule has 20 heavy (non-hydrogen) atoms. The fraction of sp³-hybridized carbons (Fsp3) is 1.00. The molecule has 0 amide bonds. The molecule has 0 spiro atoms. The molecule has 1 saturated carbocycles. The van der Waals surface area contributed by atoms with Crippen LogP contribution < -0.4 is 5.32 Å². The highest BCUT2D eigenvalue weighted by atomic mass is 16.3. The topological polar surface area (TPSA) is 35.5 Å². The van der Waals surface area contributed by atoms with Crippen molar-refractivity contribution in [3.05, 3.63) is 0 Å². The van der Waals surface area contributed by atoms with Crippen LogP contribution in [0.2, 0.25) is 0 Å². The van der Waals surface area contributed by atoms with Gasteiger partial charge in [0.05, 0.1) is 6.61 Å². The van der Waals surface area contributed by atoms with E-state index in [1.807, 2.05) is 0 Å². The number of hydrogen-bond acceptors (Lipinski definition) is 3. The van der Waals surface area contributed by atoms with Gasteiger partial charge in [0, 0.05) is 25.2 Å². The molecule has 1 heterocycles. The molecule has 1 aliphatic heterocycles. The smallest absolute Gasteiger partial charge is 0.0558 e. The van der Waals surface area contributed by atoms with E-state index in [0.717, 1.165) is 19.0 Å². The maximum Gasteiger partial charge on any atom is 0.0558 e. The summed E-state index contributed by atoms with van der Waals surface area (Å²) >= 11 is 0. The lowest BCUT2D eigenvalue weighted by molar-refractivity contribution is 0.0765. The van der Waals surface area contributed by atoms with E-state index in [0.29, 0.717) is 24.1 Å². The molecule has 1 saturated heterocycles. The molecule has 0 aromatic heterocycles. The van der Waals surface area contributed by atoms with Crippen LogP contribution in [0.25, 0.3) is 0 Å². The van der Waals surface area contributed by atoms with Crippen molar-refractivity contribution < 1.29 is 5.11 Å². The van der Waals surface area contributed by atoms with Crippen LogP contribution in [0.15, 0.2) is 0 Å². The molecule has 2 N–H and O–H groups in total. The second-order valence-electron chi connectivity index (χ2n) is 7.88. The van der Waals surface area contributed by atoms with E-state index in [1.54, 1.807) is 0 Å². The molecule has 0 radical (unpaired) electrons. The Bertz CT molecular complexity index is 273. The Morgan fingerprint density at radius 3 is 2.30 bits per heavy atom. The van der Waals surface area contributed by atoms with Gasteiger partial charge in [0.2, 0.25) is 0 Å². The lowest BCUT2D eigenvalue weighted by atomic mass is 9.71. The zero-order chi connectivity index (χ0) is 14.6. The molecule has 118 valence electrons. The molecule has 0 aromatic rings. The quantitative estimate of drug-likeness (QED) is 0.814. The Balaban J connectivity index is 1.84. The number of aliphatic hydroxyl groups excluding tert-OH is 1. The molecule has 3 nitrogen and oxygen atoms in total. The maximum absolute atomic E-state index is 9.36. The molecule has 0 aromatic carbocycles. The summed E-state index contributed by atoms with van der Waals surface area (Å²) in [4.78, 5) is 2.56. The van der Waals surface area contributed by atoms with Crippen LogP contribution in [0.5, 0.6) is 0 Å². The molecule has 1 unspecified atom stereocenters. The summed E-state index contributed by atoms with van der Waals surface area (Å²) in [6.45, 7) is 10.6. The minimum absolute atomic E-state index is 0.298. The number of nitrogens with one attached hydrogen (secondary N) is 1. The third-order valence-electron chi connectivity index (χ3n) is 5.44. The predicted molar refractivity (Wildman–Crippen MR) is 84.9 cm³/mol. The third kappa shape index (κ3) is 4.44. The predicted octanol–water partition coefficient (Wildman–Crippen LogP) is 2.64. The van der Waals surface area contributed by atoms with E-state index < -0.39 is 0 Å². The van der Waals surface area contributed by atoms with Crippen molar-refractivity contribution in [3.8, 4) is 0 Å². The summed E-state index contributed by atoms with van der Waals surface area (Å²) in [5, 5.41) is 13.0. The second-order valence-corrected chi connectivity index (χ2v) is 7.88. The van der Waals surface area contributed by atoms with Crippen molar-refractivity contribution in [2.24, 2.45) is 11.3 Å².